The smallest absolute Gasteiger partial charge is 0.405 e. The minimum Gasteiger partial charge on any atom is -0.443 e. The van der Waals surface area contributed by atoms with Crippen molar-refractivity contribution in [1.29, 1.82) is 0 Å². The third-order valence-corrected chi connectivity index (χ3v) is 3.23. The lowest BCUT2D eigenvalue weighted by Crippen LogP contribution is -2.45. The fourth-order valence-electron chi connectivity index (χ4n) is 2.29. The summed E-state index contributed by atoms with van der Waals surface area (Å²) in [4.78, 5) is 10.7. The van der Waals surface area contributed by atoms with Gasteiger partial charge in [-0.1, -0.05) is 0 Å². The molecule has 1 aliphatic carbocycles. The van der Waals surface area contributed by atoms with E-state index >= 15 is 0 Å². The predicted molar refractivity (Wildman–Crippen MR) is 52.2 cm³/mol. The summed E-state index contributed by atoms with van der Waals surface area (Å²) in [5.41, 5.74) is 4.58. The topological polar surface area (TPSA) is 70.8 Å². The zero-order valence-electron chi connectivity index (χ0n) is 8.95. The van der Waals surface area contributed by atoms with Crippen LogP contribution in [0.2, 0.25) is 0 Å². The molecule has 1 saturated carbocycles. The maximum atomic E-state index is 10.7. The Kier molecular flexibility index (Phi) is 2.60. The molecule has 1 aliphatic heterocycles. The van der Waals surface area contributed by atoms with Gasteiger partial charge in [0.1, 0.15) is 5.60 Å². The van der Waals surface area contributed by atoms with Crippen molar-refractivity contribution in [2.75, 3.05) is 13.2 Å². The standard InChI is InChI=1S/C10H17NO4/c1-9(15-8(11)12)2-4-10(5-3-9)13-6-7-14-10/h2-7H2,1H3,(H2,11,12). The van der Waals surface area contributed by atoms with Crippen LogP contribution in [-0.4, -0.2) is 30.7 Å². The van der Waals surface area contributed by atoms with E-state index in [-0.39, 0.29) is 0 Å². The predicted octanol–water partition coefficient (Wildman–Crippen LogP) is 1.16. The molecule has 1 saturated heterocycles. The van der Waals surface area contributed by atoms with Crippen LogP contribution < -0.4 is 5.73 Å². The van der Waals surface area contributed by atoms with Crippen LogP contribution >= 0.6 is 0 Å². The average Bonchev–Trinajstić information content (AvgIpc) is 2.59. The average molecular weight is 215 g/mol. The number of amides is 1. The van der Waals surface area contributed by atoms with Crippen LogP contribution in [-0.2, 0) is 14.2 Å². The molecule has 2 fully saturated rings. The highest BCUT2D eigenvalue weighted by Gasteiger charge is 2.45. The number of carbonyl (C=O) groups excluding carboxylic acids is 1. The second kappa shape index (κ2) is 3.64. The number of nitrogens with two attached hydrogens (primary N) is 1. The van der Waals surface area contributed by atoms with Crippen molar-refractivity contribution in [2.45, 2.75) is 44.0 Å². The first-order valence-electron chi connectivity index (χ1n) is 5.30. The number of primary amides is 1. The monoisotopic (exact) mass is 215 g/mol. The van der Waals surface area contributed by atoms with Gasteiger partial charge in [0.25, 0.3) is 0 Å². The van der Waals surface area contributed by atoms with E-state index in [9.17, 15) is 4.79 Å². The molecule has 5 heteroatoms. The van der Waals surface area contributed by atoms with Gasteiger partial charge in [-0.15, -0.1) is 0 Å². The summed E-state index contributed by atoms with van der Waals surface area (Å²) < 4.78 is 16.3. The van der Waals surface area contributed by atoms with Gasteiger partial charge < -0.3 is 19.9 Å². The molecular weight excluding hydrogens is 198 g/mol. The zero-order valence-corrected chi connectivity index (χ0v) is 8.95. The second-order valence-corrected chi connectivity index (χ2v) is 4.48. The molecule has 2 N–H and O–H groups in total. The minimum atomic E-state index is -0.707. The second-order valence-electron chi connectivity index (χ2n) is 4.48. The van der Waals surface area contributed by atoms with Crippen molar-refractivity contribution < 1.29 is 19.0 Å². The molecule has 0 atom stereocenters. The Morgan fingerprint density at radius 2 is 1.73 bits per heavy atom. The van der Waals surface area contributed by atoms with Gasteiger partial charge in [-0.3, -0.25) is 0 Å². The maximum Gasteiger partial charge on any atom is 0.405 e. The van der Waals surface area contributed by atoms with Crippen molar-refractivity contribution in [3.63, 3.8) is 0 Å². The van der Waals surface area contributed by atoms with Crippen molar-refractivity contribution in [2.24, 2.45) is 5.73 Å². The summed E-state index contributed by atoms with van der Waals surface area (Å²) in [6.45, 7) is 3.22. The van der Waals surface area contributed by atoms with Crippen LogP contribution in [0.1, 0.15) is 32.6 Å². The molecule has 1 amide bonds. The molecule has 1 heterocycles. The number of ether oxygens (including phenoxy) is 3. The van der Waals surface area contributed by atoms with E-state index in [2.05, 4.69) is 0 Å². The Hall–Kier alpha value is -0.810. The highest BCUT2D eigenvalue weighted by atomic mass is 16.7. The lowest BCUT2D eigenvalue weighted by Gasteiger charge is -2.40. The van der Waals surface area contributed by atoms with Crippen molar-refractivity contribution in [3.05, 3.63) is 0 Å². The molecule has 0 radical (unpaired) electrons. The maximum absolute atomic E-state index is 10.7. The van der Waals surface area contributed by atoms with E-state index in [1.165, 1.54) is 0 Å². The highest BCUT2D eigenvalue weighted by molar-refractivity contribution is 5.65. The summed E-state index contributed by atoms with van der Waals surface area (Å²) >= 11 is 0. The number of rotatable bonds is 1. The first kappa shape index (κ1) is 10.7. The minimum absolute atomic E-state index is 0.416. The van der Waals surface area contributed by atoms with Crippen LogP contribution in [0.15, 0.2) is 0 Å². The molecule has 15 heavy (non-hydrogen) atoms. The fraction of sp³-hybridized carbons (Fsp3) is 0.900. The van der Waals surface area contributed by atoms with Gasteiger partial charge in [-0.2, -0.15) is 0 Å². The Labute approximate surface area is 88.9 Å². The Morgan fingerprint density at radius 1 is 1.20 bits per heavy atom. The number of hydrogen-bond donors (Lipinski definition) is 1. The third-order valence-electron chi connectivity index (χ3n) is 3.23. The first-order chi connectivity index (χ1) is 7.04. The summed E-state index contributed by atoms with van der Waals surface area (Å²) in [7, 11) is 0. The Morgan fingerprint density at radius 3 is 2.20 bits per heavy atom. The van der Waals surface area contributed by atoms with Crippen molar-refractivity contribution in [1.82, 2.24) is 0 Å². The lowest BCUT2D eigenvalue weighted by atomic mass is 9.82. The zero-order chi connectivity index (χ0) is 10.9. The molecule has 5 nitrogen and oxygen atoms in total. The van der Waals surface area contributed by atoms with Crippen molar-refractivity contribution in [3.8, 4) is 0 Å². The van der Waals surface area contributed by atoms with Crippen molar-refractivity contribution >= 4 is 6.09 Å². The number of carbonyl (C=O) groups is 1. The largest absolute Gasteiger partial charge is 0.443 e. The summed E-state index contributed by atoms with van der Waals surface area (Å²) in [5.74, 6) is -0.416. The third kappa shape index (κ3) is 2.23. The molecule has 0 unspecified atom stereocenters. The normalized spacial score (nSPS) is 27.8. The van der Waals surface area contributed by atoms with Crippen LogP contribution in [0, 0.1) is 0 Å². The van der Waals surface area contributed by atoms with Gasteiger partial charge in [0.2, 0.25) is 0 Å². The SMILES string of the molecule is CC1(OC(N)=O)CCC2(CC1)OCCO2. The first-order valence-corrected chi connectivity index (χ1v) is 5.30. The lowest BCUT2D eigenvalue weighted by molar-refractivity contribution is -0.199. The van der Waals surface area contributed by atoms with Gasteiger partial charge in [0, 0.05) is 12.8 Å². The Bertz CT molecular complexity index is 250. The molecule has 2 aliphatic rings. The van der Waals surface area contributed by atoms with Crippen LogP contribution in [0.4, 0.5) is 4.79 Å². The van der Waals surface area contributed by atoms with E-state index in [0.717, 1.165) is 25.7 Å². The van der Waals surface area contributed by atoms with Crippen LogP contribution in [0.25, 0.3) is 0 Å². The quantitative estimate of drug-likeness (QED) is 0.712. The van der Waals surface area contributed by atoms with E-state index in [0.29, 0.717) is 13.2 Å². The summed E-state index contributed by atoms with van der Waals surface area (Å²) in [6, 6.07) is 0. The van der Waals surface area contributed by atoms with E-state index in [1.807, 2.05) is 6.92 Å². The van der Waals surface area contributed by atoms with Crippen LogP contribution in [0.3, 0.4) is 0 Å². The fourth-order valence-corrected chi connectivity index (χ4v) is 2.29. The molecule has 0 bridgehead atoms. The number of hydrogen-bond acceptors (Lipinski definition) is 4. The Balaban J connectivity index is 1.93. The molecular formula is C10H17NO4. The van der Waals surface area contributed by atoms with Gasteiger partial charge >= 0.3 is 6.09 Å². The molecule has 0 aromatic carbocycles. The van der Waals surface area contributed by atoms with Gasteiger partial charge in [0.15, 0.2) is 5.79 Å². The molecule has 1 spiro atoms. The molecule has 86 valence electrons. The van der Waals surface area contributed by atoms with E-state index < -0.39 is 17.5 Å². The summed E-state index contributed by atoms with van der Waals surface area (Å²) in [6.07, 6.45) is 2.28. The molecule has 2 rings (SSSR count). The van der Waals surface area contributed by atoms with Crippen LogP contribution in [0.5, 0.6) is 0 Å². The highest BCUT2D eigenvalue weighted by Crippen LogP contribution is 2.41. The van der Waals surface area contributed by atoms with E-state index in [4.69, 9.17) is 19.9 Å². The van der Waals surface area contributed by atoms with E-state index in [1.54, 1.807) is 0 Å². The van der Waals surface area contributed by atoms with Gasteiger partial charge in [-0.25, -0.2) is 4.79 Å². The summed E-state index contributed by atoms with van der Waals surface area (Å²) in [5, 5.41) is 0. The van der Waals surface area contributed by atoms with Gasteiger partial charge in [-0.05, 0) is 19.8 Å². The van der Waals surface area contributed by atoms with Gasteiger partial charge in [0.05, 0.1) is 13.2 Å². The molecule has 0 aromatic heterocycles. The molecule has 0 aromatic rings.